The Morgan fingerprint density at radius 3 is 2.31 bits per heavy atom. The lowest BCUT2D eigenvalue weighted by molar-refractivity contribution is 0.287. The van der Waals surface area contributed by atoms with E-state index in [4.69, 9.17) is 21.1 Å². The summed E-state index contributed by atoms with van der Waals surface area (Å²) < 4.78 is 42.0. The Morgan fingerprint density at radius 1 is 0.914 bits per heavy atom. The van der Waals surface area contributed by atoms with E-state index in [1.807, 2.05) is 26.0 Å². The number of thiazole rings is 1. The zero-order valence-corrected chi connectivity index (χ0v) is 21.7. The minimum atomic E-state index is -3.80. The largest absolute Gasteiger partial charge is 0.490 e. The van der Waals surface area contributed by atoms with Crippen molar-refractivity contribution in [3.05, 3.63) is 86.5 Å². The second-order valence-electron chi connectivity index (χ2n) is 7.68. The summed E-state index contributed by atoms with van der Waals surface area (Å²) in [7, 11) is -3.80. The number of rotatable bonds is 10. The molecule has 0 saturated carbocycles. The maximum atomic E-state index is 13.0. The Kier molecular flexibility index (Phi) is 7.81. The summed E-state index contributed by atoms with van der Waals surface area (Å²) in [4.78, 5) is 12.5. The molecule has 0 saturated heterocycles. The van der Waals surface area contributed by atoms with Gasteiger partial charge in [-0.1, -0.05) is 41.1 Å². The van der Waals surface area contributed by atoms with E-state index in [1.54, 1.807) is 41.0 Å². The fourth-order valence-electron chi connectivity index (χ4n) is 3.60. The van der Waals surface area contributed by atoms with E-state index in [-0.39, 0.29) is 16.3 Å². The van der Waals surface area contributed by atoms with E-state index in [2.05, 4.69) is 4.72 Å². The number of benzene rings is 3. The molecule has 0 amide bonds. The quantitative estimate of drug-likeness (QED) is 0.309. The van der Waals surface area contributed by atoms with Crippen molar-refractivity contribution in [2.45, 2.75) is 31.8 Å². The third kappa shape index (κ3) is 5.87. The van der Waals surface area contributed by atoms with Crippen LogP contribution in [0.5, 0.6) is 11.5 Å². The Bertz CT molecular complexity index is 1490. The van der Waals surface area contributed by atoms with Crippen molar-refractivity contribution >= 4 is 43.2 Å². The summed E-state index contributed by atoms with van der Waals surface area (Å²) in [6, 6.07) is 17.3. The normalized spacial score (nSPS) is 11.6. The number of sulfonamides is 1. The molecule has 0 fully saturated rings. The fourth-order valence-corrected chi connectivity index (χ4v) is 5.78. The highest BCUT2D eigenvalue weighted by atomic mass is 35.5. The van der Waals surface area contributed by atoms with Crippen LogP contribution < -0.4 is 19.1 Å². The van der Waals surface area contributed by atoms with Crippen LogP contribution in [-0.4, -0.2) is 26.2 Å². The molecule has 1 N–H and O–H groups in total. The van der Waals surface area contributed by atoms with Crippen LogP contribution in [0.25, 0.3) is 10.2 Å². The summed E-state index contributed by atoms with van der Waals surface area (Å²) in [6.45, 7) is 5.19. The molecule has 1 heterocycles. The molecule has 35 heavy (non-hydrogen) atoms. The van der Waals surface area contributed by atoms with Crippen molar-refractivity contribution in [3.63, 3.8) is 0 Å². The van der Waals surface area contributed by atoms with Gasteiger partial charge in [0, 0.05) is 11.6 Å². The molecule has 3 aromatic carbocycles. The van der Waals surface area contributed by atoms with Gasteiger partial charge in [0.2, 0.25) is 10.0 Å². The molecule has 0 bridgehead atoms. The van der Waals surface area contributed by atoms with Gasteiger partial charge < -0.3 is 9.47 Å². The van der Waals surface area contributed by atoms with Gasteiger partial charge >= 0.3 is 4.87 Å². The molecule has 0 aliphatic heterocycles. The number of halogens is 1. The minimum Gasteiger partial charge on any atom is -0.490 e. The first-order chi connectivity index (χ1) is 16.8. The molecule has 4 aromatic rings. The number of aromatic nitrogens is 1. The predicted octanol–water partition coefficient (Wildman–Crippen LogP) is 5.04. The molecule has 0 spiro atoms. The molecular weight excluding hydrogens is 508 g/mol. The summed E-state index contributed by atoms with van der Waals surface area (Å²) >= 11 is 6.96. The molecule has 0 atom stereocenters. The number of fused-ring (bicyclic) bond motifs is 1. The Hall–Kier alpha value is -2.85. The predicted molar refractivity (Wildman–Crippen MR) is 139 cm³/mol. The van der Waals surface area contributed by atoms with Crippen LogP contribution in [-0.2, 0) is 23.1 Å². The Labute approximate surface area is 212 Å². The van der Waals surface area contributed by atoms with Crippen LogP contribution in [0.15, 0.2) is 70.4 Å². The van der Waals surface area contributed by atoms with Gasteiger partial charge in [0.05, 0.1) is 34.9 Å². The lowest BCUT2D eigenvalue weighted by Crippen LogP contribution is -2.23. The zero-order chi connectivity index (χ0) is 25.0. The first-order valence-electron chi connectivity index (χ1n) is 11.1. The van der Waals surface area contributed by atoms with Gasteiger partial charge in [0.1, 0.15) is 0 Å². The monoisotopic (exact) mass is 532 g/mol. The van der Waals surface area contributed by atoms with E-state index in [9.17, 15) is 13.2 Å². The van der Waals surface area contributed by atoms with Crippen molar-refractivity contribution in [1.82, 2.24) is 9.29 Å². The fraction of sp³-hybridized carbons (Fsp3) is 0.240. The molecule has 0 aliphatic carbocycles. The molecule has 184 valence electrons. The van der Waals surface area contributed by atoms with Crippen LogP contribution in [0.2, 0.25) is 5.02 Å². The van der Waals surface area contributed by atoms with Crippen LogP contribution >= 0.6 is 22.9 Å². The third-order valence-corrected chi connectivity index (χ3v) is 7.87. The van der Waals surface area contributed by atoms with Crippen LogP contribution in [0.3, 0.4) is 0 Å². The lowest BCUT2D eigenvalue weighted by Gasteiger charge is -2.13. The number of nitrogens with one attached hydrogen (secondary N) is 1. The smallest absolute Gasteiger partial charge is 0.308 e. The first kappa shape index (κ1) is 25.2. The Morgan fingerprint density at radius 2 is 1.60 bits per heavy atom. The molecule has 1 aromatic heterocycles. The zero-order valence-electron chi connectivity index (χ0n) is 19.3. The van der Waals surface area contributed by atoms with E-state index < -0.39 is 10.0 Å². The van der Waals surface area contributed by atoms with E-state index in [0.29, 0.717) is 46.5 Å². The van der Waals surface area contributed by atoms with Crippen molar-refractivity contribution < 1.29 is 17.9 Å². The van der Waals surface area contributed by atoms with E-state index in [0.717, 1.165) is 22.5 Å². The SMILES string of the molecule is CCOc1ccc(CNS(=O)(=O)c2ccc3c(c2)sc(=O)n3Cc2ccc(Cl)cc2)cc1OCC. The maximum absolute atomic E-state index is 13.0. The van der Waals surface area contributed by atoms with Crippen molar-refractivity contribution in [1.29, 1.82) is 0 Å². The lowest BCUT2D eigenvalue weighted by atomic mass is 10.2. The number of ether oxygens (including phenoxy) is 2. The van der Waals surface area contributed by atoms with Gasteiger partial charge in [-0.05, 0) is 67.4 Å². The highest BCUT2D eigenvalue weighted by molar-refractivity contribution is 7.89. The van der Waals surface area contributed by atoms with Gasteiger partial charge in [-0.2, -0.15) is 0 Å². The van der Waals surface area contributed by atoms with Gasteiger partial charge in [-0.25, -0.2) is 13.1 Å². The highest BCUT2D eigenvalue weighted by Gasteiger charge is 2.17. The van der Waals surface area contributed by atoms with E-state index in [1.165, 1.54) is 12.1 Å². The molecular formula is C25H25ClN2O5S2. The van der Waals surface area contributed by atoms with E-state index >= 15 is 0 Å². The second kappa shape index (κ2) is 10.8. The van der Waals surface area contributed by atoms with Crippen molar-refractivity contribution in [2.24, 2.45) is 0 Å². The van der Waals surface area contributed by atoms with Crippen molar-refractivity contribution in [3.8, 4) is 11.5 Å². The minimum absolute atomic E-state index is 0.0840. The second-order valence-corrected chi connectivity index (χ2v) is 10.9. The van der Waals surface area contributed by atoms with Crippen LogP contribution in [0.1, 0.15) is 25.0 Å². The summed E-state index contributed by atoms with van der Waals surface area (Å²) in [5.74, 6) is 1.18. The Balaban J connectivity index is 1.54. The molecule has 0 aliphatic rings. The third-order valence-electron chi connectivity index (χ3n) is 5.28. The van der Waals surface area contributed by atoms with Crippen molar-refractivity contribution in [2.75, 3.05) is 13.2 Å². The summed E-state index contributed by atoms with van der Waals surface area (Å²) in [5, 5.41) is 0.623. The molecule has 0 unspecified atom stereocenters. The van der Waals surface area contributed by atoms with Gasteiger partial charge in [-0.3, -0.25) is 9.36 Å². The molecule has 0 radical (unpaired) electrons. The maximum Gasteiger partial charge on any atom is 0.308 e. The topological polar surface area (TPSA) is 86.6 Å². The van der Waals surface area contributed by atoms with Gasteiger partial charge in [0.25, 0.3) is 0 Å². The number of hydrogen-bond acceptors (Lipinski definition) is 6. The number of nitrogens with zero attached hydrogens (tertiary/aromatic N) is 1. The van der Waals surface area contributed by atoms with Crippen LogP contribution in [0.4, 0.5) is 0 Å². The standard InChI is InChI=1S/C25H25ClN2O5S2/c1-3-32-22-12-7-18(13-23(22)33-4-2)15-27-35(30,31)20-10-11-21-24(14-20)34-25(29)28(21)16-17-5-8-19(26)9-6-17/h5-14,27H,3-4,15-16H2,1-2H3. The molecule has 7 nitrogen and oxygen atoms in total. The first-order valence-corrected chi connectivity index (χ1v) is 13.7. The summed E-state index contributed by atoms with van der Waals surface area (Å²) in [5.41, 5.74) is 2.35. The summed E-state index contributed by atoms with van der Waals surface area (Å²) in [6.07, 6.45) is 0. The average Bonchev–Trinajstić information content (AvgIpc) is 3.15. The van der Waals surface area contributed by atoms with Crippen LogP contribution in [0, 0.1) is 0 Å². The highest BCUT2D eigenvalue weighted by Crippen LogP contribution is 2.29. The van der Waals surface area contributed by atoms with Gasteiger partial charge in [-0.15, -0.1) is 0 Å². The molecule has 10 heteroatoms. The van der Waals surface area contributed by atoms with Gasteiger partial charge in [0.15, 0.2) is 11.5 Å². The average molecular weight is 533 g/mol. The number of hydrogen-bond donors (Lipinski definition) is 1. The molecule has 4 rings (SSSR count).